The minimum Gasteiger partial charge on any atom is -0.497 e. The van der Waals surface area contributed by atoms with Crippen molar-refractivity contribution in [3.8, 4) is 17.2 Å². The third-order valence-electron chi connectivity index (χ3n) is 6.97. The van der Waals surface area contributed by atoms with Crippen LogP contribution in [0.1, 0.15) is 12.0 Å². The molecule has 0 aliphatic carbocycles. The van der Waals surface area contributed by atoms with Gasteiger partial charge in [0.15, 0.2) is 6.61 Å². The molecule has 2 aliphatic rings. The first kappa shape index (κ1) is 28.0. The Morgan fingerprint density at radius 2 is 1.68 bits per heavy atom. The number of aryl methyl sites for hydroxylation is 1. The van der Waals surface area contributed by atoms with Crippen molar-refractivity contribution in [3.63, 3.8) is 0 Å². The molecule has 1 unspecified atom stereocenters. The van der Waals surface area contributed by atoms with Gasteiger partial charge < -0.3 is 33.6 Å². The number of morpholine rings is 1. The van der Waals surface area contributed by atoms with E-state index in [-0.39, 0.29) is 38.0 Å². The maximum absolute atomic E-state index is 13.4. The number of carbonyl (C=O) groups excluding carboxylic acids is 2. The molecule has 2 aromatic carbocycles. The van der Waals surface area contributed by atoms with Crippen molar-refractivity contribution in [2.24, 2.45) is 0 Å². The lowest BCUT2D eigenvalue weighted by Gasteiger charge is -2.43. The number of hydrogen-bond acceptors (Lipinski definition) is 7. The van der Waals surface area contributed by atoms with E-state index in [1.807, 2.05) is 31.0 Å². The Morgan fingerprint density at radius 3 is 2.42 bits per heavy atom. The summed E-state index contributed by atoms with van der Waals surface area (Å²) in [6.07, 6.45) is 0.115. The number of benzene rings is 2. The predicted molar refractivity (Wildman–Crippen MR) is 144 cm³/mol. The zero-order valence-corrected chi connectivity index (χ0v) is 23.0. The van der Waals surface area contributed by atoms with E-state index in [4.69, 9.17) is 30.5 Å². The van der Waals surface area contributed by atoms with E-state index in [1.54, 1.807) is 42.3 Å². The number of ether oxygens (including phenoxy) is 4. The molecule has 206 valence electrons. The number of likely N-dealkylation sites (N-methyl/N-ethyl adjacent to an activating group) is 1. The highest BCUT2D eigenvalue weighted by molar-refractivity contribution is 6.31. The zero-order chi connectivity index (χ0) is 27.1. The topological polar surface area (TPSA) is 80.8 Å². The highest BCUT2D eigenvalue weighted by Crippen LogP contribution is 2.28. The largest absolute Gasteiger partial charge is 0.497 e. The second kappa shape index (κ2) is 12.7. The summed E-state index contributed by atoms with van der Waals surface area (Å²) in [5.74, 6) is 1.64. The molecular weight excluding hydrogens is 510 g/mol. The Kier molecular flexibility index (Phi) is 9.35. The van der Waals surface area contributed by atoms with Crippen LogP contribution in [0.25, 0.3) is 0 Å². The molecule has 38 heavy (non-hydrogen) atoms. The number of halogens is 1. The van der Waals surface area contributed by atoms with E-state index in [2.05, 4.69) is 4.90 Å². The van der Waals surface area contributed by atoms with Crippen LogP contribution >= 0.6 is 11.6 Å². The van der Waals surface area contributed by atoms with E-state index < -0.39 is 5.60 Å². The number of rotatable bonds is 9. The van der Waals surface area contributed by atoms with Crippen molar-refractivity contribution < 1.29 is 28.5 Å². The van der Waals surface area contributed by atoms with Crippen molar-refractivity contribution in [3.05, 3.63) is 53.1 Å². The second-order valence-corrected chi connectivity index (χ2v) is 10.3. The summed E-state index contributed by atoms with van der Waals surface area (Å²) in [7, 11) is 3.63. The Bertz CT molecular complexity index is 1120. The second-order valence-electron chi connectivity index (χ2n) is 9.87. The standard InChI is InChI=1S/C28H36ClN3O6/c1-21-15-24(7-8-25(21)29)37-20-28(17-26(33)31-11-9-30(2)10-12-31)19-32(13-14-38-28)27(34)18-36-23-6-4-5-22(16-23)35-3/h4-8,15-16H,9-14,17-20H2,1-3H3. The van der Waals surface area contributed by atoms with E-state index in [9.17, 15) is 9.59 Å². The number of nitrogens with zero attached hydrogens (tertiary/aromatic N) is 3. The van der Waals surface area contributed by atoms with Gasteiger partial charge in [0.25, 0.3) is 5.91 Å². The zero-order valence-electron chi connectivity index (χ0n) is 22.3. The molecule has 2 aromatic rings. The summed E-state index contributed by atoms with van der Waals surface area (Å²) in [6, 6.07) is 12.5. The van der Waals surface area contributed by atoms with Crippen LogP contribution in [0.3, 0.4) is 0 Å². The highest BCUT2D eigenvalue weighted by atomic mass is 35.5. The molecule has 0 bridgehead atoms. The summed E-state index contributed by atoms with van der Waals surface area (Å²) >= 11 is 6.17. The van der Waals surface area contributed by atoms with Crippen LogP contribution in [0.4, 0.5) is 0 Å². The lowest BCUT2D eigenvalue weighted by molar-refractivity contribution is -0.167. The molecule has 2 saturated heterocycles. The van der Waals surface area contributed by atoms with Gasteiger partial charge in [0, 0.05) is 43.8 Å². The van der Waals surface area contributed by atoms with Gasteiger partial charge in [0.05, 0.1) is 26.7 Å². The third kappa shape index (κ3) is 7.30. The quantitative estimate of drug-likeness (QED) is 0.479. The highest BCUT2D eigenvalue weighted by Gasteiger charge is 2.42. The first-order valence-corrected chi connectivity index (χ1v) is 13.2. The van der Waals surface area contributed by atoms with Crippen LogP contribution < -0.4 is 14.2 Å². The molecule has 2 fully saturated rings. The number of hydrogen-bond donors (Lipinski definition) is 0. The average Bonchev–Trinajstić information content (AvgIpc) is 2.93. The summed E-state index contributed by atoms with van der Waals surface area (Å²) < 4.78 is 23.3. The van der Waals surface area contributed by atoms with Gasteiger partial charge in [-0.1, -0.05) is 17.7 Å². The third-order valence-corrected chi connectivity index (χ3v) is 7.39. The molecule has 4 rings (SSSR count). The maximum atomic E-state index is 13.4. The molecule has 0 saturated carbocycles. The molecule has 0 spiro atoms. The lowest BCUT2D eigenvalue weighted by atomic mass is 9.96. The fraction of sp³-hybridized carbons (Fsp3) is 0.500. The number of carbonyl (C=O) groups is 2. The normalized spacial score (nSPS) is 20.2. The fourth-order valence-electron chi connectivity index (χ4n) is 4.60. The molecule has 2 amide bonds. The van der Waals surface area contributed by atoms with Gasteiger partial charge in [-0.15, -0.1) is 0 Å². The van der Waals surface area contributed by atoms with Crippen molar-refractivity contribution in [2.75, 3.05) is 73.2 Å². The van der Waals surface area contributed by atoms with Crippen molar-refractivity contribution in [2.45, 2.75) is 18.9 Å². The molecule has 10 heteroatoms. The first-order valence-electron chi connectivity index (χ1n) is 12.8. The van der Waals surface area contributed by atoms with Gasteiger partial charge in [-0.3, -0.25) is 9.59 Å². The molecular formula is C28H36ClN3O6. The van der Waals surface area contributed by atoms with Crippen molar-refractivity contribution >= 4 is 23.4 Å². The van der Waals surface area contributed by atoms with Gasteiger partial charge in [-0.2, -0.15) is 0 Å². The van der Waals surface area contributed by atoms with E-state index in [0.717, 1.165) is 18.7 Å². The van der Waals surface area contributed by atoms with Crippen LogP contribution in [0.15, 0.2) is 42.5 Å². The van der Waals surface area contributed by atoms with Crippen molar-refractivity contribution in [1.29, 1.82) is 0 Å². The van der Waals surface area contributed by atoms with Gasteiger partial charge in [-0.25, -0.2) is 0 Å². The predicted octanol–water partition coefficient (Wildman–Crippen LogP) is 2.88. The monoisotopic (exact) mass is 545 g/mol. The van der Waals surface area contributed by atoms with Crippen LogP contribution in [0.2, 0.25) is 5.02 Å². The summed E-state index contributed by atoms with van der Waals surface area (Å²) in [4.78, 5) is 32.3. The average molecular weight is 546 g/mol. The Balaban J connectivity index is 1.45. The molecule has 0 radical (unpaired) electrons. The van der Waals surface area contributed by atoms with Gasteiger partial charge in [-0.05, 0) is 49.9 Å². The molecule has 2 heterocycles. The minimum absolute atomic E-state index is 0.00378. The minimum atomic E-state index is -0.988. The van der Waals surface area contributed by atoms with Crippen LogP contribution in [0.5, 0.6) is 17.2 Å². The number of amides is 2. The molecule has 0 N–H and O–H groups in total. The Hall–Kier alpha value is -3.01. The van der Waals surface area contributed by atoms with Crippen LogP contribution in [0, 0.1) is 6.92 Å². The maximum Gasteiger partial charge on any atom is 0.260 e. The molecule has 2 aliphatic heterocycles. The van der Waals surface area contributed by atoms with Gasteiger partial charge in [0.2, 0.25) is 5.91 Å². The number of piperazine rings is 1. The SMILES string of the molecule is COc1cccc(OCC(=O)N2CCOC(COc3ccc(Cl)c(C)c3)(CC(=O)N3CCN(C)CC3)C2)c1. The van der Waals surface area contributed by atoms with Gasteiger partial charge >= 0.3 is 0 Å². The molecule has 0 aromatic heterocycles. The van der Waals surface area contributed by atoms with Crippen molar-refractivity contribution in [1.82, 2.24) is 14.7 Å². The fourth-order valence-corrected chi connectivity index (χ4v) is 4.71. The van der Waals surface area contributed by atoms with E-state index in [1.165, 1.54) is 0 Å². The van der Waals surface area contributed by atoms with Crippen LogP contribution in [-0.4, -0.2) is 105 Å². The first-order chi connectivity index (χ1) is 18.3. The van der Waals surface area contributed by atoms with Gasteiger partial charge in [0.1, 0.15) is 29.5 Å². The summed E-state index contributed by atoms with van der Waals surface area (Å²) in [6.45, 7) is 5.80. The van der Waals surface area contributed by atoms with E-state index >= 15 is 0 Å². The molecule has 1 atom stereocenters. The van der Waals surface area contributed by atoms with E-state index in [0.29, 0.717) is 48.5 Å². The summed E-state index contributed by atoms with van der Waals surface area (Å²) in [5, 5.41) is 0.652. The molecule has 9 nitrogen and oxygen atoms in total. The van der Waals surface area contributed by atoms with Crippen LogP contribution in [-0.2, 0) is 14.3 Å². The Morgan fingerprint density at radius 1 is 0.947 bits per heavy atom. The smallest absolute Gasteiger partial charge is 0.260 e. The summed E-state index contributed by atoms with van der Waals surface area (Å²) in [5.41, 5.74) is -0.0968. The lowest BCUT2D eigenvalue weighted by Crippen LogP contribution is -2.59. The Labute approximate surface area is 229 Å². The number of methoxy groups -OCH3 is 1.